The minimum Gasteiger partial charge on any atom is -0.407 e. The Balaban J connectivity index is 1.72. The molecule has 1 heterocycles. The number of aromatic nitrogens is 2. The quantitative estimate of drug-likeness (QED) is 0.803. The molecule has 1 saturated carbocycles. The molecule has 0 radical (unpaired) electrons. The number of nitrogens with one attached hydrogen (secondary N) is 2. The maximum absolute atomic E-state index is 5.63. The van der Waals surface area contributed by atoms with Gasteiger partial charge in [-0.2, -0.15) is 0 Å². The van der Waals surface area contributed by atoms with E-state index in [2.05, 4.69) is 41.6 Å². The first-order chi connectivity index (χ1) is 9.67. The Hall–Kier alpha value is -1.10. The molecule has 0 unspecified atom stereocenters. The van der Waals surface area contributed by atoms with Crippen molar-refractivity contribution in [3.8, 4) is 0 Å². The zero-order valence-electron chi connectivity index (χ0n) is 13.0. The van der Waals surface area contributed by atoms with E-state index in [1.807, 2.05) is 0 Å². The molecule has 1 fully saturated rings. The lowest BCUT2D eigenvalue weighted by molar-refractivity contribution is 0.326. The number of hydrogen-bond donors (Lipinski definition) is 2. The Morgan fingerprint density at radius 2 is 1.95 bits per heavy atom. The highest BCUT2D eigenvalue weighted by atomic mass is 16.4. The van der Waals surface area contributed by atoms with Crippen LogP contribution in [-0.4, -0.2) is 22.8 Å². The second kappa shape index (κ2) is 7.62. The van der Waals surface area contributed by atoms with Gasteiger partial charge in [-0.05, 0) is 44.1 Å². The van der Waals surface area contributed by atoms with E-state index in [0.29, 0.717) is 30.4 Å². The van der Waals surface area contributed by atoms with Gasteiger partial charge in [0.1, 0.15) is 0 Å². The van der Waals surface area contributed by atoms with E-state index >= 15 is 0 Å². The standard InChI is InChI=1S/C15H28N4O/c1-4-12-5-7-13(8-6-12)17-15-19-18-14(20-15)10-16-9-11(2)3/h11-13,16H,4-10H2,1-3H3,(H,17,19). The third kappa shape index (κ3) is 4.78. The van der Waals surface area contributed by atoms with Crippen molar-refractivity contribution < 1.29 is 4.42 Å². The van der Waals surface area contributed by atoms with E-state index in [1.54, 1.807) is 0 Å². The lowest BCUT2D eigenvalue weighted by Crippen LogP contribution is -2.26. The Labute approximate surface area is 121 Å². The topological polar surface area (TPSA) is 63.0 Å². The molecule has 1 aromatic rings. The zero-order chi connectivity index (χ0) is 14.4. The third-order valence-corrected chi connectivity index (χ3v) is 4.05. The van der Waals surface area contributed by atoms with E-state index in [1.165, 1.54) is 32.1 Å². The van der Waals surface area contributed by atoms with Crippen LogP contribution in [0.25, 0.3) is 0 Å². The second-order valence-corrected chi connectivity index (χ2v) is 6.30. The molecule has 1 aromatic heterocycles. The fourth-order valence-corrected chi connectivity index (χ4v) is 2.74. The summed E-state index contributed by atoms with van der Waals surface area (Å²) in [4.78, 5) is 0. The molecule has 0 bridgehead atoms. The van der Waals surface area contributed by atoms with Crippen molar-refractivity contribution >= 4 is 6.01 Å². The van der Waals surface area contributed by atoms with Crippen LogP contribution < -0.4 is 10.6 Å². The summed E-state index contributed by atoms with van der Waals surface area (Å²) in [6.45, 7) is 8.26. The van der Waals surface area contributed by atoms with Gasteiger partial charge in [-0.1, -0.05) is 32.3 Å². The molecular formula is C15H28N4O. The Morgan fingerprint density at radius 3 is 2.60 bits per heavy atom. The largest absolute Gasteiger partial charge is 0.407 e. The van der Waals surface area contributed by atoms with Crippen molar-refractivity contribution in [2.24, 2.45) is 11.8 Å². The minimum absolute atomic E-state index is 0.495. The molecular weight excluding hydrogens is 252 g/mol. The summed E-state index contributed by atoms with van der Waals surface area (Å²) in [5.41, 5.74) is 0. The van der Waals surface area contributed by atoms with E-state index in [-0.39, 0.29) is 0 Å². The van der Waals surface area contributed by atoms with Crippen LogP contribution in [-0.2, 0) is 6.54 Å². The lowest BCUT2D eigenvalue weighted by Gasteiger charge is -2.27. The van der Waals surface area contributed by atoms with E-state index in [9.17, 15) is 0 Å². The van der Waals surface area contributed by atoms with Gasteiger partial charge < -0.3 is 15.1 Å². The van der Waals surface area contributed by atoms with Crippen LogP contribution in [0.3, 0.4) is 0 Å². The van der Waals surface area contributed by atoms with Crippen LogP contribution >= 0.6 is 0 Å². The minimum atomic E-state index is 0.495. The van der Waals surface area contributed by atoms with E-state index in [0.717, 1.165) is 12.5 Å². The molecule has 5 heteroatoms. The van der Waals surface area contributed by atoms with Crippen LogP contribution in [0.1, 0.15) is 58.8 Å². The lowest BCUT2D eigenvalue weighted by atomic mass is 9.85. The fourth-order valence-electron chi connectivity index (χ4n) is 2.74. The zero-order valence-corrected chi connectivity index (χ0v) is 13.0. The van der Waals surface area contributed by atoms with Crippen molar-refractivity contribution in [2.45, 2.75) is 65.5 Å². The van der Waals surface area contributed by atoms with Gasteiger partial charge in [0.25, 0.3) is 0 Å². The first-order valence-electron chi connectivity index (χ1n) is 7.97. The fraction of sp³-hybridized carbons (Fsp3) is 0.867. The molecule has 0 spiro atoms. The molecule has 1 aliphatic carbocycles. The summed E-state index contributed by atoms with van der Waals surface area (Å²) in [5.74, 6) is 2.20. The smallest absolute Gasteiger partial charge is 0.315 e. The molecule has 0 saturated heterocycles. The van der Waals surface area contributed by atoms with Crippen LogP contribution in [0.2, 0.25) is 0 Å². The average Bonchev–Trinajstić information content (AvgIpc) is 2.87. The van der Waals surface area contributed by atoms with Crippen molar-refractivity contribution in [1.29, 1.82) is 0 Å². The van der Waals surface area contributed by atoms with E-state index in [4.69, 9.17) is 4.42 Å². The molecule has 20 heavy (non-hydrogen) atoms. The molecule has 0 aromatic carbocycles. The number of nitrogens with zero attached hydrogens (tertiary/aromatic N) is 2. The van der Waals surface area contributed by atoms with Gasteiger partial charge >= 0.3 is 6.01 Å². The normalized spacial score (nSPS) is 23.2. The van der Waals surface area contributed by atoms with E-state index < -0.39 is 0 Å². The summed E-state index contributed by atoms with van der Waals surface area (Å²) < 4.78 is 5.63. The van der Waals surface area contributed by atoms with Crippen LogP contribution in [0.5, 0.6) is 0 Å². The van der Waals surface area contributed by atoms with Gasteiger partial charge in [0.05, 0.1) is 6.54 Å². The third-order valence-electron chi connectivity index (χ3n) is 4.05. The molecule has 114 valence electrons. The Kier molecular flexibility index (Phi) is 5.83. The summed E-state index contributed by atoms with van der Waals surface area (Å²) >= 11 is 0. The predicted molar refractivity (Wildman–Crippen MR) is 80.5 cm³/mol. The molecule has 0 atom stereocenters. The van der Waals surface area contributed by atoms with Gasteiger partial charge in [0, 0.05) is 6.04 Å². The number of hydrogen-bond acceptors (Lipinski definition) is 5. The molecule has 2 N–H and O–H groups in total. The number of rotatable bonds is 7. The highest BCUT2D eigenvalue weighted by molar-refractivity contribution is 5.19. The molecule has 5 nitrogen and oxygen atoms in total. The summed E-state index contributed by atoms with van der Waals surface area (Å²) in [6, 6.07) is 1.07. The van der Waals surface area contributed by atoms with Crippen molar-refractivity contribution in [1.82, 2.24) is 15.5 Å². The molecule has 0 amide bonds. The maximum atomic E-state index is 5.63. The maximum Gasteiger partial charge on any atom is 0.315 e. The number of anilines is 1. The monoisotopic (exact) mass is 280 g/mol. The van der Waals surface area contributed by atoms with Gasteiger partial charge in [0.15, 0.2) is 0 Å². The van der Waals surface area contributed by atoms with Crippen molar-refractivity contribution in [3.05, 3.63) is 5.89 Å². The summed E-state index contributed by atoms with van der Waals surface area (Å²) in [6.07, 6.45) is 6.35. The van der Waals surface area contributed by atoms with Crippen LogP contribution in [0, 0.1) is 11.8 Å². The Bertz CT molecular complexity index is 383. The van der Waals surface area contributed by atoms with Crippen molar-refractivity contribution in [2.75, 3.05) is 11.9 Å². The first-order valence-corrected chi connectivity index (χ1v) is 7.97. The Morgan fingerprint density at radius 1 is 1.20 bits per heavy atom. The SMILES string of the molecule is CCC1CCC(Nc2nnc(CNCC(C)C)o2)CC1. The predicted octanol–water partition coefficient (Wildman–Crippen LogP) is 3.20. The van der Waals surface area contributed by atoms with Gasteiger partial charge in [-0.15, -0.1) is 5.10 Å². The second-order valence-electron chi connectivity index (χ2n) is 6.30. The summed E-state index contributed by atoms with van der Waals surface area (Å²) in [7, 11) is 0. The summed E-state index contributed by atoms with van der Waals surface area (Å²) in [5, 5.41) is 14.8. The van der Waals surface area contributed by atoms with Gasteiger partial charge in [0.2, 0.25) is 5.89 Å². The highest BCUT2D eigenvalue weighted by Gasteiger charge is 2.21. The van der Waals surface area contributed by atoms with Gasteiger partial charge in [-0.3, -0.25) is 0 Å². The van der Waals surface area contributed by atoms with Crippen LogP contribution in [0.15, 0.2) is 4.42 Å². The highest BCUT2D eigenvalue weighted by Crippen LogP contribution is 2.28. The van der Waals surface area contributed by atoms with Crippen molar-refractivity contribution in [3.63, 3.8) is 0 Å². The van der Waals surface area contributed by atoms with Gasteiger partial charge in [-0.25, -0.2) is 0 Å². The van der Waals surface area contributed by atoms with Crippen LogP contribution in [0.4, 0.5) is 6.01 Å². The average molecular weight is 280 g/mol. The first kappa shape index (κ1) is 15.3. The molecule has 2 rings (SSSR count). The molecule has 0 aliphatic heterocycles. The molecule has 1 aliphatic rings.